The number of nitrogens with zero attached hydrogens (tertiary/aromatic N) is 4. The van der Waals surface area contributed by atoms with Gasteiger partial charge in [0, 0.05) is 38.9 Å². The highest BCUT2D eigenvalue weighted by Gasteiger charge is 2.30. The predicted octanol–water partition coefficient (Wildman–Crippen LogP) is 4.07. The Labute approximate surface area is 156 Å². The maximum absolute atomic E-state index is 12.9. The van der Waals surface area contributed by atoms with Gasteiger partial charge in [0.2, 0.25) is 0 Å². The van der Waals surface area contributed by atoms with E-state index >= 15 is 0 Å². The van der Waals surface area contributed by atoms with Gasteiger partial charge in [-0.25, -0.2) is 4.98 Å². The van der Waals surface area contributed by atoms with Crippen LogP contribution < -0.4 is 4.90 Å². The van der Waals surface area contributed by atoms with E-state index < -0.39 is 11.7 Å². The molecule has 0 saturated carbocycles. The summed E-state index contributed by atoms with van der Waals surface area (Å²) in [7, 11) is 1.97. The highest BCUT2D eigenvalue weighted by Crippen LogP contribution is 2.30. The van der Waals surface area contributed by atoms with E-state index in [9.17, 15) is 13.2 Å². The fourth-order valence-electron chi connectivity index (χ4n) is 3.44. The smallest absolute Gasteiger partial charge is 0.357 e. The van der Waals surface area contributed by atoms with Crippen LogP contribution in [0.15, 0.2) is 42.6 Å². The number of nitriles is 1. The first-order valence-corrected chi connectivity index (χ1v) is 8.84. The van der Waals surface area contributed by atoms with Crippen LogP contribution in [0.3, 0.4) is 0 Å². The zero-order valence-corrected chi connectivity index (χ0v) is 15.1. The second kappa shape index (κ2) is 7.97. The summed E-state index contributed by atoms with van der Waals surface area (Å²) >= 11 is 0. The quantitative estimate of drug-likeness (QED) is 0.809. The van der Waals surface area contributed by atoms with Crippen LogP contribution in [0.1, 0.15) is 29.5 Å². The molecule has 1 aliphatic rings. The molecule has 0 atom stereocenters. The van der Waals surface area contributed by atoms with Gasteiger partial charge in [0.15, 0.2) is 0 Å². The second-order valence-corrected chi connectivity index (χ2v) is 6.83. The summed E-state index contributed by atoms with van der Waals surface area (Å²) in [5.41, 5.74) is 0.659. The molecule has 2 heterocycles. The van der Waals surface area contributed by atoms with Crippen molar-refractivity contribution >= 4 is 5.82 Å². The van der Waals surface area contributed by atoms with Gasteiger partial charge in [-0.1, -0.05) is 18.2 Å². The minimum absolute atomic E-state index is 0.296. The van der Waals surface area contributed by atoms with Gasteiger partial charge in [0.1, 0.15) is 5.82 Å². The molecule has 142 valence electrons. The third-order valence-electron chi connectivity index (χ3n) is 5.00. The SMILES string of the molecule is CN(c1cc(C#N)ccn1)C1CCN(Cc2cccc(C(F)(F)F)c2)CC1. The number of halogens is 3. The van der Waals surface area contributed by atoms with Gasteiger partial charge in [-0.05, 0) is 36.6 Å². The molecule has 27 heavy (non-hydrogen) atoms. The highest BCUT2D eigenvalue weighted by molar-refractivity contribution is 5.45. The number of alkyl halides is 3. The second-order valence-electron chi connectivity index (χ2n) is 6.83. The monoisotopic (exact) mass is 374 g/mol. The van der Waals surface area contributed by atoms with Crippen molar-refractivity contribution in [2.24, 2.45) is 0 Å². The van der Waals surface area contributed by atoms with E-state index in [2.05, 4.69) is 20.9 Å². The zero-order chi connectivity index (χ0) is 19.4. The van der Waals surface area contributed by atoms with Gasteiger partial charge in [0.05, 0.1) is 17.2 Å². The summed E-state index contributed by atoms with van der Waals surface area (Å²) < 4.78 is 38.6. The third kappa shape index (κ3) is 4.77. The molecule has 1 fully saturated rings. The van der Waals surface area contributed by atoms with Crippen molar-refractivity contribution in [3.63, 3.8) is 0 Å². The van der Waals surface area contributed by atoms with Crippen molar-refractivity contribution in [2.45, 2.75) is 31.6 Å². The lowest BCUT2D eigenvalue weighted by Crippen LogP contribution is -2.43. The number of anilines is 1. The molecule has 4 nitrogen and oxygen atoms in total. The van der Waals surface area contributed by atoms with Crippen molar-refractivity contribution in [1.29, 1.82) is 5.26 Å². The molecule has 0 bridgehead atoms. The summed E-state index contributed by atoms with van der Waals surface area (Å²) in [6, 6.07) is 11.4. The Morgan fingerprint density at radius 2 is 1.96 bits per heavy atom. The summed E-state index contributed by atoms with van der Waals surface area (Å²) in [5.74, 6) is 0.769. The molecule has 0 spiro atoms. The number of hydrogen-bond acceptors (Lipinski definition) is 4. The minimum Gasteiger partial charge on any atom is -0.357 e. The van der Waals surface area contributed by atoms with Crippen molar-refractivity contribution in [1.82, 2.24) is 9.88 Å². The average Bonchev–Trinajstić information content (AvgIpc) is 2.67. The molecule has 0 amide bonds. The van der Waals surface area contributed by atoms with E-state index in [-0.39, 0.29) is 0 Å². The lowest BCUT2D eigenvalue weighted by atomic mass is 10.0. The maximum Gasteiger partial charge on any atom is 0.416 e. The first-order valence-electron chi connectivity index (χ1n) is 8.84. The van der Waals surface area contributed by atoms with E-state index in [1.807, 2.05) is 7.05 Å². The number of hydrogen-bond donors (Lipinski definition) is 0. The van der Waals surface area contributed by atoms with Crippen LogP contribution >= 0.6 is 0 Å². The Bertz CT molecular complexity index is 820. The van der Waals surface area contributed by atoms with Crippen LogP contribution in [-0.4, -0.2) is 36.1 Å². The number of aromatic nitrogens is 1. The van der Waals surface area contributed by atoms with E-state index in [1.54, 1.807) is 24.4 Å². The van der Waals surface area contributed by atoms with Gasteiger partial charge in [-0.3, -0.25) is 4.90 Å². The summed E-state index contributed by atoms with van der Waals surface area (Å²) in [6.07, 6.45) is -0.883. The Morgan fingerprint density at radius 3 is 2.63 bits per heavy atom. The Morgan fingerprint density at radius 1 is 1.22 bits per heavy atom. The number of rotatable bonds is 4. The number of piperidine rings is 1. The molecule has 0 radical (unpaired) electrons. The van der Waals surface area contributed by atoms with Gasteiger partial charge < -0.3 is 4.90 Å². The molecule has 1 aliphatic heterocycles. The fourth-order valence-corrected chi connectivity index (χ4v) is 3.44. The molecule has 0 N–H and O–H groups in total. The summed E-state index contributed by atoms with van der Waals surface area (Å²) in [4.78, 5) is 8.60. The van der Waals surface area contributed by atoms with Crippen molar-refractivity contribution in [2.75, 3.05) is 25.0 Å². The van der Waals surface area contributed by atoms with Crippen LogP contribution in [0.4, 0.5) is 19.0 Å². The molecular weight excluding hydrogens is 353 g/mol. The summed E-state index contributed by atoms with van der Waals surface area (Å²) in [5, 5.41) is 9.03. The van der Waals surface area contributed by atoms with Crippen LogP contribution in [0.25, 0.3) is 0 Å². The largest absolute Gasteiger partial charge is 0.416 e. The normalized spacial score (nSPS) is 16.1. The first-order chi connectivity index (χ1) is 12.9. The molecule has 1 aromatic heterocycles. The van der Waals surface area contributed by atoms with Gasteiger partial charge in [0.25, 0.3) is 0 Å². The topological polar surface area (TPSA) is 43.2 Å². The Kier molecular flexibility index (Phi) is 5.66. The minimum atomic E-state index is -4.31. The molecule has 2 aromatic rings. The first kappa shape index (κ1) is 19.2. The van der Waals surface area contributed by atoms with E-state index in [0.717, 1.165) is 37.8 Å². The highest BCUT2D eigenvalue weighted by atomic mass is 19.4. The molecular formula is C20H21F3N4. The van der Waals surface area contributed by atoms with E-state index in [4.69, 9.17) is 5.26 Å². The standard InChI is InChI=1S/C20H21F3N4/c1-26(19-12-15(13-24)5-8-25-19)18-6-9-27(10-7-18)14-16-3-2-4-17(11-16)20(21,22)23/h2-5,8,11-12,18H,6-7,9-10,14H2,1H3. The Hall–Kier alpha value is -2.59. The Balaban J connectivity index is 1.58. The maximum atomic E-state index is 12.9. The van der Waals surface area contributed by atoms with Crippen LogP contribution in [0, 0.1) is 11.3 Å². The lowest BCUT2D eigenvalue weighted by Gasteiger charge is -2.37. The van der Waals surface area contributed by atoms with Crippen LogP contribution in [-0.2, 0) is 12.7 Å². The van der Waals surface area contributed by atoms with Gasteiger partial charge in [-0.2, -0.15) is 18.4 Å². The molecule has 0 aliphatic carbocycles. The van der Waals surface area contributed by atoms with Gasteiger partial charge in [-0.15, -0.1) is 0 Å². The average molecular weight is 374 g/mol. The zero-order valence-electron chi connectivity index (χ0n) is 15.1. The molecule has 3 rings (SSSR count). The van der Waals surface area contributed by atoms with Crippen LogP contribution in [0.5, 0.6) is 0 Å². The van der Waals surface area contributed by atoms with Crippen molar-refractivity contribution in [3.05, 3.63) is 59.3 Å². The number of likely N-dealkylation sites (tertiary alicyclic amines) is 1. The predicted molar refractivity (Wildman–Crippen MR) is 97.1 cm³/mol. The molecule has 1 saturated heterocycles. The molecule has 7 heteroatoms. The summed E-state index contributed by atoms with van der Waals surface area (Å²) in [6.45, 7) is 2.13. The molecule has 1 aromatic carbocycles. The van der Waals surface area contributed by atoms with E-state index in [0.29, 0.717) is 23.7 Å². The van der Waals surface area contributed by atoms with Gasteiger partial charge >= 0.3 is 6.18 Å². The van der Waals surface area contributed by atoms with Crippen molar-refractivity contribution < 1.29 is 13.2 Å². The number of benzene rings is 1. The fraction of sp³-hybridized carbons (Fsp3) is 0.400. The van der Waals surface area contributed by atoms with Crippen molar-refractivity contribution in [3.8, 4) is 6.07 Å². The van der Waals surface area contributed by atoms with E-state index in [1.165, 1.54) is 12.1 Å². The third-order valence-corrected chi connectivity index (χ3v) is 5.00. The molecule has 0 unspecified atom stereocenters. The number of pyridine rings is 1. The lowest BCUT2D eigenvalue weighted by molar-refractivity contribution is -0.137. The van der Waals surface area contributed by atoms with Crippen LogP contribution in [0.2, 0.25) is 0 Å².